The van der Waals surface area contributed by atoms with Gasteiger partial charge in [0.1, 0.15) is 0 Å². The van der Waals surface area contributed by atoms with E-state index in [1.165, 1.54) is 16.2 Å². The van der Waals surface area contributed by atoms with Crippen LogP contribution in [0.25, 0.3) is 0 Å². The molecule has 2 heterocycles. The smallest absolute Gasteiger partial charge is 0.264 e. The van der Waals surface area contributed by atoms with Crippen molar-refractivity contribution < 1.29 is 9.59 Å². The maximum Gasteiger partial charge on any atom is 0.264 e. The van der Waals surface area contributed by atoms with E-state index in [1.807, 2.05) is 17.5 Å². The van der Waals surface area contributed by atoms with Crippen molar-refractivity contribution in [3.63, 3.8) is 0 Å². The Morgan fingerprint density at radius 2 is 2.29 bits per heavy atom. The van der Waals surface area contributed by atoms with Crippen LogP contribution in [0.4, 0.5) is 5.82 Å². The minimum absolute atomic E-state index is 0.00724. The lowest BCUT2D eigenvalue weighted by molar-refractivity contribution is -0.116. The minimum atomic E-state index is -0.267. The van der Waals surface area contributed by atoms with E-state index in [-0.39, 0.29) is 18.4 Å². The summed E-state index contributed by atoms with van der Waals surface area (Å²) in [5, 5.41) is 11.4. The van der Waals surface area contributed by atoms with Crippen LogP contribution in [0, 0.1) is 0 Å². The first-order valence-corrected chi connectivity index (χ1v) is 7.61. The molecule has 112 valence electrons. The average molecular weight is 306 g/mol. The van der Waals surface area contributed by atoms with E-state index in [0.717, 1.165) is 18.5 Å². The van der Waals surface area contributed by atoms with Gasteiger partial charge in [-0.2, -0.15) is 5.10 Å². The normalized spacial score (nSPS) is 10.4. The van der Waals surface area contributed by atoms with Crippen LogP contribution < -0.4 is 5.32 Å². The fourth-order valence-electron chi connectivity index (χ4n) is 1.88. The van der Waals surface area contributed by atoms with Gasteiger partial charge in [0.2, 0.25) is 5.91 Å². The Hall–Kier alpha value is -2.15. The molecule has 6 nitrogen and oxygen atoms in total. The summed E-state index contributed by atoms with van der Waals surface area (Å²) in [6, 6.07) is 5.36. The second-order valence-electron chi connectivity index (χ2n) is 4.72. The van der Waals surface area contributed by atoms with Gasteiger partial charge < -0.3 is 10.2 Å². The predicted octanol–water partition coefficient (Wildman–Crippen LogP) is 2.13. The van der Waals surface area contributed by atoms with Crippen LogP contribution in [0.5, 0.6) is 0 Å². The SMILES string of the molecule is CCCc1cc(NC(=O)CN(C)C(=O)c2cccs2)n[nH]1. The number of rotatable bonds is 6. The van der Waals surface area contributed by atoms with Crippen LogP contribution >= 0.6 is 11.3 Å². The molecule has 2 N–H and O–H groups in total. The molecule has 2 rings (SSSR count). The summed E-state index contributed by atoms with van der Waals surface area (Å²) >= 11 is 1.36. The lowest BCUT2D eigenvalue weighted by atomic mass is 10.2. The van der Waals surface area contributed by atoms with E-state index in [2.05, 4.69) is 22.4 Å². The van der Waals surface area contributed by atoms with Crippen LogP contribution in [0.3, 0.4) is 0 Å². The Balaban J connectivity index is 1.87. The highest BCUT2D eigenvalue weighted by Gasteiger charge is 2.16. The summed E-state index contributed by atoms with van der Waals surface area (Å²) in [6.45, 7) is 2.07. The van der Waals surface area contributed by atoms with E-state index in [4.69, 9.17) is 0 Å². The predicted molar refractivity (Wildman–Crippen MR) is 82.5 cm³/mol. The second kappa shape index (κ2) is 7.03. The Kier molecular flexibility index (Phi) is 5.10. The van der Waals surface area contributed by atoms with E-state index >= 15 is 0 Å². The number of carbonyl (C=O) groups excluding carboxylic acids is 2. The molecular formula is C14H18N4O2S. The Morgan fingerprint density at radius 1 is 1.48 bits per heavy atom. The molecule has 2 aromatic heterocycles. The summed E-state index contributed by atoms with van der Waals surface area (Å²) < 4.78 is 0. The number of hydrogen-bond acceptors (Lipinski definition) is 4. The number of amides is 2. The van der Waals surface area contributed by atoms with Gasteiger partial charge in [-0.05, 0) is 17.9 Å². The van der Waals surface area contributed by atoms with E-state index in [1.54, 1.807) is 13.1 Å². The molecule has 0 radical (unpaired) electrons. The number of aromatic amines is 1. The molecule has 0 saturated carbocycles. The Labute approximate surface area is 127 Å². The van der Waals surface area contributed by atoms with Crippen LogP contribution in [0.1, 0.15) is 28.7 Å². The van der Waals surface area contributed by atoms with Crippen molar-refractivity contribution in [2.45, 2.75) is 19.8 Å². The molecule has 0 bridgehead atoms. The van der Waals surface area contributed by atoms with Crippen LogP contribution in [-0.2, 0) is 11.2 Å². The van der Waals surface area contributed by atoms with Crippen molar-refractivity contribution in [3.8, 4) is 0 Å². The van der Waals surface area contributed by atoms with Crippen molar-refractivity contribution in [2.75, 3.05) is 18.9 Å². The van der Waals surface area contributed by atoms with Gasteiger partial charge in [-0.15, -0.1) is 11.3 Å². The third-order valence-electron chi connectivity index (χ3n) is 2.88. The molecule has 0 aromatic carbocycles. The fourth-order valence-corrected chi connectivity index (χ4v) is 2.60. The lowest BCUT2D eigenvalue weighted by Crippen LogP contribution is -2.34. The molecule has 0 aliphatic carbocycles. The van der Waals surface area contributed by atoms with Crippen LogP contribution in [0.15, 0.2) is 23.6 Å². The fraction of sp³-hybridized carbons (Fsp3) is 0.357. The molecule has 0 spiro atoms. The van der Waals surface area contributed by atoms with Crippen LogP contribution in [-0.4, -0.2) is 40.5 Å². The monoisotopic (exact) mass is 306 g/mol. The Morgan fingerprint density at radius 3 is 2.95 bits per heavy atom. The van der Waals surface area contributed by atoms with Gasteiger partial charge in [-0.25, -0.2) is 0 Å². The number of aromatic nitrogens is 2. The molecule has 2 aromatic rings. The largest absolute Gasteiger partial charge is 0.332 e. The molecule has 2 amide bonds. The molecule has 21 heavy (non-hydrogen) atoms. The highest BCUT2D eigenvalue weighted by molar-refractivity contribution is 7.12. The number of H-pyrrole nitrogens is 1. The lowest BCUT2D eigenvalue weighted by Gasteiger charge is -2.15. The first-order valence-electron chi connectivity index (χ1n) is 6.73. The van der Waals surface area contributed by atoms with Crippen LogP contribution in [0.2, 0.25) is 0 Å². The molecular weight excluding hydrogens is 288 g/mol. The quantitative estimate of drug-likeness (QED) is 0.858. The molecule has 0 saturated heterocycles. The van der Waals surface area contributed by atoms with E-state index in [0.29, 0.717) is 10.7 Å². The molecule has 0 fully saturated rings. The summed E-state index contributed by atoms with van der Waals surface area (Å²) in [5.41, 5.74) is 0.982. The zero-order valence-electron chi connectivity index (χ0n) is 12.0. The van der Waals surface area contributed by atoms with Crippen molar-refractivity contribution in [1.82, 2.24) is 15.1 Å². The van der Waals surface area contributed by atoms with Gasteiger partial charge in [0, 0.05) is 18.8 Å². The first-order chi connectivity index (χ1) is 10.1. The first kappa shape index (κ1) is 15.2. The summed E-state index contributed by atoms with van der Waals surface area (Å²) in [6.07, 6.45) is 1.90. The zero-order valence-corrected chi connectivity index (χ0v) is 12.9. The van der Waals surface area contributed by atoms with Crippen molar-refractivity contribution in [1.29, 1.82) is 0 Å². The topological polar surface area (TPSA) is 78.1 Å². The van der Waals surface area contributed by atoms with E-state index in [9.17, 15) is 9.59 Å². The van der Waals surface area contributed by atoms with Gasteiger partial charge in [0.25, 0.3) is 5.91 Å². The van der Waals surface area contributed by atoms with Crippen molar-refractivity contribution in [2.24, 2.45) is 0 Å². The van der Waals surface area contributed by atoms with Crippen molar-refractivity contribution >= 4 is 29.0 Å². The van der Waals surface area contributed by atoms with Gasteiger partial charge in [-0.3, -0.25) is 14.7 Å². The molecule has 7 heteroatoms. The highest BCUT2D eigenvalue weighted by Crippen LogP contribution is 2.11. The number of hydrogen-bond donors (Lipinski definition) is 2. The summed E-state index contributed by atoms with van der Waals surface area (Å²) in [4.78, 5) is 25.9. The number of aryl methyl sites for hydroxylation is 1. The molecule has 0 aliphatic rings. The van der Waals surface area contributed by atoms with Gasteiger partial charge >= 0.3 is 0 Å². The number of carbonyl (C=O) groups is 2. The van der Waals surface area contributed by atoms with E-state index < -0.39 is 0 Å². The maximum atomic E-state index is 12.0. The third-order valence-corrected chi connectivity index (χ3v) is 3.74. The summed E-state index contributed by atoms with van der Waals surface area (Å²) in [5.74, 6) is 0.0613. The molecule has 0 unspecified atom stereocenters. The van der Waals surface area contributed by atoms with Gasteiger partial charge in [0.05, 0.1) is 11.4 Å². The van der Waals surface area contributed by atoms with Gasteiger partial charge in [0.15, 0.2) is 5.82 Å². The Bertz CT molecular complexity index is 606. The number of thiophene rings is 1. The standard InChI is InChI=1S/C14H18N4O2S/c1-3-5-10-8-12(17-16-10)15-13(19)9-18(2)14(20)11-6-4-7-21-11/h4,6-8H,3,5,9H2,1-2H3,(H2,15,16,17,19). The third kappa shape index (κ3) is 4.16. The molecule has 0 atom stereocenters. The molecule has 0 aliphatic heterocycles. The number of likely N-dealkylation sites (N-methyl/N-ethyl adjacent to an activating group) is 1. The number of anilines is 1. The maximum absolute atomic E-state index is 12.0. The number of nitrogens with one attached hydrogen (secondary N) is 2. The number of nitrogens with zero attached hydrogens (tertiary/aromatic N) is 2. The highest BCUT2D eigenvalue weighted by atomic mass is 32.1. The summed E-state index contributed by atoms with van der Waals surface area (Å²) in [7, 11) is 1.61. The van der Waals surface area contributed by atoms with Crippen molar-refractivity contribution in [3.05, 3.63) is 34.2 Å². The average Bonchev–Trinajstić information content (AvgIpc) is 3.10. The minimum Gasteiger partial charge on any atom is -0.332 e. The van der Waals surface area contributed by atoms with Gasteiger partial charge in [-0.1, -0.05) is 19.4 Å². The zero-order chi connectivity index (χ0) is 15.2. The second-order valence-corrected chi connectivity index (χ2v) is 5.66.